The SMILES string of the molecule is C[Se](C)(C)CC(=O)c1ccccc1.[SeH2]. The van der Waals surface area contributed by atoms with Crippen molar-refractivity contribution in [1.82, 2.24) is 0 Å². The zero-order valence-corrected chi connectivity index (χ0v) is 12.7. The van der Waals surface area contributed by atoms with E-state index in [0.29, 0.717) is 5.78 Å². The number of hydrogen-bond acceptors (Lipinski definition) is 1. The second-order valence-corrected chi connectivity index (χ2v) is 13.4. The first-order valence-corrected chi connectivity index (χ1v) is 10.6. The van der Waals surface area contributed by atoms with Crippen molar-refractivity contribution in [2.75, 3.05) is 0 Å². The fourth-order valence-electron chi connectivity index (χ4n) is 1.10. The van der Waals surface area contributed by atoms with E-state index in [4.69, 9.17) is 0 Å². The van der Waals surface area contributed by atoms with Gasteiger partial charge in [-0.2, -0.15) is 0 Å². The van der Waals surface area contributed by atoms with Crippen molar-refractivity contribution in [1.29, 1.82) is 0 Å². The van der Waals surface area contributed by atoms with Gasteiger partial charge in [0.25, 0.3) is 0 Å². The summed E-state index contributed by atoms with van der Waals surface area (Å²) in [5.74, 6) is 7.00. The number of ketones is 1. The van der Waals surface area contributed by atoms with Crippen molar-refractivity contribution in [2.45, 2.75) is 22.8 Å². The molecule has 0 saturated carbocycles. The van der Waals surface area contributed by atoms with E-state index < -0.39 is 12.8 Å². The van der Waals surface area contributed by atoms with Gasteiger partial charge in [0.1, 0.15) is 0 Å². The number of hydrogen-bond donors (Lipinski definition) is 0. The molecule has 3 heteroatoms. The van der Waals surface area contributed by atoms with Crippen LogP contribution in [0.5, 0.6) is 0 Å². The van der Waals surface area contributed by atoms with Crippen LogP contribution in [-0.4, -0.2) is 35.7 Å². The third-order valence-electron chi connectivity index (χ3n) is 1.66. The molecule has 0 spiro atoms. The Bertz CT molecular complexity index is 288. The van der Waals surface area contributed by atoms with Gasteiger partial charge in [-0.1, -0.05) is 0 Å². The van der Waals surface area contributed by atoms with Gasteiger partial charge in [0.15, 0.2) is 0 Å². The van der Waals surface area contributed by atoms with E-state index in [9.17, 15) is 4.79 Å². The molecule has 0 unspecified atom stereocenters. The number of carbonyl (C=O) groups excluding carboxylic acids is 1. The summed E-state index contributed by atoms with van der Waals surface area (Å²) >= 11 is -1.42. The minimum atomic E-state index is -1.42. The molecular weight excluding hydrogens is 306 g/mol. The molecule has 0 aliphatic carbocycles. The maximum absolute atomic E-state index is 11.7. The predicted molar refractivity (Wildman–Crippen MR) is 67.5 cm³/mol. The Labute approximate surface area is 99.0 Å². The number of Topliss-reactive ketones (excluding diaryl/α,β-unsaturated/α-hetero) is 1. The van der Waals surface area contributed by atoms with E-state index in [1.54, 1.807) is 0 Å². The van der Waals surface area contributed by atoms with Crippen LogP contribution in [0.4, 0.5) is 0 Å². The molecule has 0 radical (unpaired) electrons. The Kier molecular flexibility index (Phi) is 5.69. The molecule has 14 heavy (non-hydrogen) atoms. The van der Waals surface area contributed by atoms with E-state index in [0.717, 1.165) is 10.9 Å². The number of benzene rings is 1. The van der Waals surface area contributed by atoms with Crippen LogP contribution in [0, 0.1) is 0 Å². The molecule has 1 aromatic carbocycles. The van der Waals surface area contributed by atoms with Crippen molar-refractivity contribution in [3.05, 3.63) is 35.9 Å². The van der Waals surface area contributed by atoms with E-state index in [1.165, 1.54) is 0 Å². The molecule has 0 amide bonds. The van der Waals surface area contributed by atoms with Crippen molar-refractivity contribution < 1.29 is 4.79 Å². The predicted octanol–water partition coefficient (Wildman–Crippen LogP) is 2.29. The zero-order chi connectivity index (χ0) is 9.90. The molecule has 0 atom stereocenters. The first-order valence-electron chi connectivity index (χ1n) is 4.23. The molecule has 1 aromatic rings. The van der Waals surface area contributed by atoms with Crippen molar-refractivity contribution >= 4 is 35.7 Å². The van der Waals surface area contributed by atoms with Gasteiger partial charge in [-0.25, -0.2) is 0 Å². The molecule has 0 N–H and O–H groups in total. The Balaban J connectivity index is 0.00000169. The summed E-state index contributed by atoms with van der Waals surface area (Å²) in [6, 6.07) is 9.56. The van der Waals surface area contributed by atoms with Crippen LogP contribution < -0.4 is 0 Å². The Morgan fingerprint density at radius 2 is 1.64 bits per heavy atom. The first-order chi connectivity index (χ1) is 5.99. The number of rotatable bonds is 3. The third kappa shape index (κ3) is 4.97. The third-order valence-corrected chi connectivity index (χ3v) is 4.03. The molecule has 0 saturated heterocycles. The van der Waals surface area contributed by atoms with Crippen molar-refractivity contribution in [3.8, 4) is 0 Å². The minimum absolute atomic E-state index is 0. The average Bonchev–Trinajstić information content (AvgIpc) is 2.03. The van der Waals surface area contributed by atoms with E-state index in [2.05, 4.69) is 17.5 Å². The van der Waals surface area contributed by atoms with E-state index in [-0.39, 0.29) is 17.1 Å². The van der Waals surface area contributed by atoms with Gasteiger partial charge in [-0.05, 0) is 0 Å². The summed E-state index contributed by atoms with van der Waals surface area (Å²) in [5.41, 5.74) is 0.856. The standard InChI is InChI=1S/C11H16OSe.H2Se/c1-13(2,3)9-11(12)10-7-5-4-6-8-10;/h4-8H,9H2,1-3H3;1H2. The Morgan fingerprint density at radius 3 is 2.07 bits per heavy atom. The first kappa shape index (κ1) is 13.9. The van der Waals surface area contributed by atoms with Gasteiger partial charge in [-0.3, -0.25) is 0 Å². The molecule has 0 fully saturated rings. The van der Waals surface area contributed by atoms with Gasteiger partial charge in [-0.15, -0.1) is 0 Å². The van der Waals surface area contributed by atoms with Gasteiger partial charge >= 0.3 is 99.2 Å². The van der Waals surface area contributed by atoms with Gasteiger partial charge in [0, 0.05) is 0 Å². The second kappa shape index (κ2) is 5.72. The molecule has 0 heterocycles. The van der Waals surface area contributed by atoms with Crippen LogP contribution >= 0.6 is 0 Å². The monoisotopic (exact) mass is 326 g/mol. The zero-order valence-electron chi connectivity index (χ0n) is 8.91. The topological polar surface area (TPSA) is 17.1 Å². The van der Waals surface area contributed by atoms with Crippen LogP contribution in [0.2, 0.25) is 22.8 Å². The molecule has 0 bridgehead atoms. The summed E-state index contributed by atoms with van der Waals surface area (Å²) < 4.78 is 0. The van der Waals surface area contributed by atoms with E-state index in [1.807, 2.05) is 30.3 Å². The summed E-state index contributed by atoms with van der Waals surface area (Å²) in [6.45, 7) is 0. The normalized spacial score (nSPS) is 11.6. The summed E-state index contributed by atoms with van der Waals surface area (Å²) in [4.78, 5) is 11.7. The quantitative estimate of drug-likeness (QED) is 0.616. The summed E-state index contributed by atoms with van der Waals surface area (Å²) in [5, 5.41) is 0.764. The maximum atomic E-state index is 11.7. The molecule has 1 nitrogen and oxygen atoms in total. The van der Waals surface area contributed by atoms with Crippen LogP contribution in [0.15, 0.2) is 30.3 Å². The van der Waals surface area contributed by atoms with Gasteiger partial charge in [0.05, 0.1) is 0 Å². The molecular formula is C11H18OSe2. The van der Waals surface area contributed by atoms with Gasteiger partial charge in [0.2, 0.25) is 0 Å². The molecule has 80 valence electrons. The second-order valence-electron chi connectivity index (χ2n) is 4.02. The average molecular weight is 324 g/mol. The van der Waals surface area contributed by atoms with Gasteiger partial charge < -0.3 is 0 Å². The fourth-order valence-corrected chi connectivity index (χ4v) is 3.10. The summed E-state index contributed by atoms with van der Waals surface area (Å²) in [6.07, 6.45) is 0. The van der Waals surface area contributed by atoms with Crippen molar-refractivity contribution in [2.24, 2.45) is 0 Å². The Hall–Kier alpha value is -0.0710. The molecule has 1 rings (SSSR count). The molecule has 0 aliphatic heterocycles. The van der Waals surface area contributed by atoms with Crippen LogP contribution in [0.1, 0.15) is 10.4 Å². The van der Waals surface area contributed by atoms with Crippen LogP contribution in [-0.2, 0) is 0 Å². The fraction of sp³-hybridized carbons (Fsp3) is 0.364. The number of carbonyl (C=O) groups is 1. The van der Waals surface area contributed by atoms with Crippen molar-refractivity contribution in [3.63, 3.8) is 0 Å². The van der Waals surface area contributed by atoms with Crippen LogP contribution in [0.25, 0.3) is 0 Å². The molecule has 0 aromatic heterocycles. The van der Waals surface area contributed by atoms with Crippen LogP contribution in [0.3, 0.4) is 0 Å². The Morgan fingerprint density at radius 1 is 1.14 bits per heavy atom. The molecule has 0 aliphatic rings. The van der Waals surface area contributed by atoms with E-state index >= 15 is 0 Å². The summed E-state index contributed by atoms with van der Waals surface area (Å²) in [7, 11) is 0.